The maximum atomic E-state index is 14.1. The van der Waals surface area contributed by atoms with Gasteiger partial charge in [0, 0.05) is 25.6 Å². The molecule has 1 N–H and O–H groups in total. The summed E-state index contributed by atoms with van der Waals surface area (Å²) in [5.74, 6) is -0.244. The van der Waals surface area contributed by atoms with Crippen molar-refractivity contribution in [1.29, 1.82) is 0 Å². The zero-order valence-corrected chi connectivity index (χ0v) is 20.3. The molecule has 3 aromatic carbocycles. The lowest BCUT2D eigenvalue weighted by Gasteiger charge is -2.33. The minimum absolute atomic E-state index is 0.0202. The smallest absolute Gasteiger partial charge is 0.363 e. The first-order chi connectivity index (χ1) is 17.8. The zero-order chi connectivity index (χ0) is 26.0. The summed E-state index contributed by atoms with van der Waals surface area (Å²) in [6.07, 6.45) is -4.73. The molecule has 190 valence electrons. The normalized spacial score (nSPS) is 17.1. The molecule has 0 spiro atoms. The first-order valence-corrected chi connectivity index (χ1v) is 12.1. The van der Waals surface area contributed by atoms with Gasteiger partial charge >= 0.3 is 6.18 Å². The van der Waals surface area contributed by atoms with Gasteiger partial charge in [-0.25, -0.2) is 4.68 Å². The van der Waals surface area contributed by atoms with Gasteiger partial charge in [0.05, 0.1) is 6.04 Å². The molecule has 0 unspecified atom stereocenters. The highest BCUT2D eigenvalue weighted by atomic mass is 19.4. The molecule has 2 heterocycles. The predicted octanol–water partition coefficient (Wildman–Crippen LogP) is 6.69. The van der Waals surface area contributed by atoms with Crippen molar-refractivity contribution in [2.24, 2.45) is 0 Å². The summed E-state index contributed by atoms with van der Waals surface area (Å²) in [7, 11) is 0. The van der Waals surface area contributed by atoms with Crippen molar-refractivity contribution >= 4 is 11.7 Å². The number of nitrogens with one attached hydrogen (secondary N) is 1. The van der Waals surface area contributed by atoms with Crippen LogP contribution in [0.15, 0.2) is 91.0 Å². The van der Waals surface area contributed by atoms with Gasteiger partial charge in [0.1, 0.15) is 5.82 Å². The van der Waals surface area contributed by atoms with Crippen molar-refractivity contribution in [2.45, 2.75) is 44.7 Å². The molecule has 5 rings (SSSR count). The Labute approximate surface area is 213 Å². The molecular weight excluding hydrogens is 477 g/mol. The molecule has 0 saturated carbocycles. The van der Waals surface area contributed by atoms with E-state index < -0.39 is 24.2 Å². The van der Waals surface area contributed by atoms with Gasteiger partial charge in [0.2, 0.25) is 0 Å². The second-order valence-corrected chi connectivity index (χ2v) is 9.39. The summed E-state index contributed by atoms with van der Waals surface area (Å²) in [5, 5.41) is 7.37. The van der Waals surface area contributed by atoms with Gasteiger partial charge in [-0.1, -0.05) is 90.5 Å². The molecule has 5 nitrogen and oxygen atoms in total. The van der Waals surface area contributed by atoms with Crippen LogP contribution in [0.5, 0.6) is 0 Å². The van der Waals surface area contributed by atoms with Gasteiger partial charge in [0.25, 0.3) is 5.91 Å². The summed E-state index contributed by atoms with van der Waals surface area (Å²) < 4.78 is 43.3. The number of aromatic nitrogens is 2. The Hall–Kier alpha value is -4.07. The van der Waals surface area contributed by atoms with Crippen molar-refractivity contribution in [3.05, 3.63) is 119 Å². The van der Waals surface area contributed by atoms with Crippen LogP contribution in [-0.4, -0.2) is 26.8 Å². The number of fused-ring (bicyclic) bond motifs is 1. The van der Waals surface area contributed by atoms with Crippen molar-refractivity contribution in [3.8, 4) is 0 Å². The van der Waals surface area contributed by atoms with E-state index in [2.05, 4.69) is 10.4 Å². The highest BCUT2D eigenvalue weighted by molar-refractivity contribution is 5.93. The molecule has 1 aromatic heterocycles. The molecule has 0 fully saturated rings. The van der Waals surface area contributed by atoms with Gasteiger partial charge in [0.15, 0.2) is 11.7 Å². The number of alkyl halides is 3. The SMILES string of the molecule is Cc1ccc([C@@H]2C[C@@H](C(F)(F)F)n3nc(C(=O)N(Cc4ccccc4)Cc4ccccc4)cc3N2)cc1. The summed E-state index contributed by atoms with van der Waals surface area (Å²) in [6, 6.07) is 25.5. The topological polar surface area (TPSA) is 50.2 Å². The predicted molar refractivity (Wildman–Crippen MR) is 136 cm³/mol. The molecule has 4 aromatic rings. The molecule has 1 aliphatic heterocycles. The van der Waals surface area contributed by atoms with Crippen LogP contribution >= 0.6 is 0 Å². The summed E-state index contributed by atoms with van der Waals surface area (Å²) in [4.78, 5) is 15.3. The number of rotatable bonds is 6. The van der Waals surface area contributed by atoms with Crippen LogP contribution in [0.4, 0.5) is 19.0 Å². The molecule has 37 heavy (non-hydrogen) atoms. The summed E-state index contributed by atoms with van der Waals surface area (Å²) in [5.41, 5.74) is 3.60. The van der Waals surface area contributed by atoms with Crippen LogP contribution in [0.3, 0.4) is 0 Å². The number of carbonyl (C=O) groups excluding carboxylic acids is 1. The van der Waals surface area contributed by atoms with Crippen molar-refractivity contribution in [2.75, 3.05) is 5.32 Å². The molecule has 1 amide bonds. The second kappa shape index (κ2) is 10.1. The van der Waals surface area contributed by atoms with E-state index in [-0.39, 0.29) is 17.9 Å². The van der Waals surface area contributed by atoms with Crippen LogP contribution in [0.25, 0.3) is 0 Å². The van der Waals surface area contributed by atoms with E-state index in [4.69, 9.17) is 0 Å². The van der Waals surface area contributed by atoms with E-state index >= 15 is 0 Å². The lowest BCUT2D eigenvalue weighted by atomic mass is 9.96. The number of aryl methyl sites for hydroxylation is 1. The van der Waals surface area contributed by atoms with Crippen molar-refractivity contribution < 1.29 is 18.0 Å². The van der Waals surface area contributed by atoms with Gasteiger partial charge in [-0.3, -0.25) is 4.79 Å². The Morgan fingerprint density at radius 1 is 0.946 bits per heavy atom. The molecule has 0 aliphatic carbocycles. The number of benzene rings is 3. The Balaban J connectivity index is 1.47. The van der Waals surface area contributed by atoms with E-state index in [0.29, 0.717) is 13.1 Å². The summed E-state index contributed by atoms with van der Waals surface area (Å²) in [6.45, 7) is 2.54. The van der Waals surface area contributed by atoms with E-state index in [9.17, 15) is 18.0 Å². The Kier molecular flexibility index (Phi) is 6.74. The minimum atomic E-state index is -4.51. The molecular formula is C29H27F3N4O. The number of hydrogen-bond donors (Lipinski definition) is 1. The van der Waals surface area contributed by atoms with Gasteiger partial charge in [-0.2, -0.15) is 18.3 Å². The van der Waals surface area contributed by atoms with E-state index in [1.165, 1.54) is 6.07 Å². The van der Waals surface area contributed by atoms with Crippen LogP contribution < -0.4 is 5.32 Å². The van der Waals surface area contributed by atoms with E-state index in [1.54, 1.807) is 4.90 Å². The monoisotopic (exact) mass is 504 g/mol. The van der Waals surface area contributed by atoms with Gasteiger partial charge < -0.3 is 10.2 Å². The molecule has 0 bridgehead atoms. The summed E-state index contributed by atoms with van der Waals surface area (Å²) >= 11 is 0. The maximum absolute atomic E-state index is 14.1. The van der Waals surface area contributed by atoms with E-state index in [0.717, 1.165) is 26.9 Å². The number of halogens is 3. The molecule has 8 heteroatoms. The fourth-order valence-electron chi connectivity index (χ4n) is 4.66. The van der Waals surface area contributed by atoms with Crippen molar-refractivity contribution in [1.82, 2.24) is 14.7 Å². The molecule has 0 saturated heterocycles. The quantitative estimate of drug-likeness (QED) is 0.318. The van der Waals surface area contributed by atoms with Crippen molar-refractivity contribution in [3.63, 3.8) is 0 Å². The number of amides is 1. The molecule has 1 aliphatic rings. The third-order valence-corrected chi connectivity index (χ3v) is 6.61. The van der Waals surface area contributed by atoms with Gasteiger partial charge in [-0.05, 0) is 23.6 Å². The third kappa shape index (κ3) is 5.53. The highest BCUT2D eigenvalue weighted by Crippen LogP contribution is 2.43. The first-order valence-electron chi connectivity index (χ1n) is 12.1. The average Bonchev–Trinajstić information content (AvgIpc) is 3.32. The standard InChI is InChI=1S/C29H27F3N4O/c1-20-12-14-23(15-13-20)24-16-26(29(30,31)32)36-27(33-24)17-25(34-36)28(37)35(18-21-8-4-2-5-9-21)19-22-10-6-3-7-11-22/h2-15,17,24,26,33H,16,18-19H2,1H3/t24-,26-/m0/s1. The highest BCUT2D eigenvalue weighted by Gasteiger charge is 2.47. The largest absolute Gasteiger partial charge is 0.410 e. The van der Waals surface area contributed by atoms with E-state index in [1.807, 2.05) is 91.9 Å². The second-order valence-electron chi connectivity index (χ2n) is 9.39. The molecule has 2 atom stereocenters. The van der Waals surface area contributed by atoms with Crippen LogP contribution in [0, 0.1) is 6.92 Å². The third-order valence-electron chi connectivity index (χ3n) is 6.61. The Morgan fingerprint density at radius 3 is 2.05 bits per heavy atom. The maximum Gasteiger partial charge on any atom is 0.410 e. The van der Waals surface area contributed by atoms with Crippen LogP contribution in [0.1, 0.15) is 51.2 Å². The molecule has 0 radical (unpaired) electrons. The van der Waals surface area contributed by atoms with Crippen LogP contribution in [0.2, 0.25) is 0 Å². The fraction of sp³-hybridized carbons (Fsp3) is 0.241. The number of hydrogen-bond acceptors (Lipinski definition) is 3. The lowest BCUT2D eigenvalue weighted by Crippen LogP contribution is -2.36. The Morgan fingerprint density at radius 2 is 1.51 bits per heavy atom. The number of anilines is 1. The Bertz CT molecular complexity index is 1310. The van der Waals surface area contributed by atoms with Gasteiger partial charge in [-0.15, -0.1) is 0 Å². The fourth-order valence-corrected chi connectivity index (χ4v) is 4.66. The first kappa shape index (κ1) is 24.6. The zero-order valence-electron chi connectivity index (χ0n) is 20.3. The van der Waals surface area contributed by atoms with Crippen LogP contribution in [-0.2, 0) is 13.1 Å². The lowest BCUT2D eigenvalue weighted by molar-refractivity contribution is -0.173. The minimum Gasteiger partial charge on any atom is -0.363 e. The average molecular weight is 505 g/mol. The number of carbonyl (C=O) groups is 1. The number of nitrogens with zero attached hydrogens (tertiary/aromatic N) is 3.